The second-order valence-corrected chi connectivity index (χ2v) is 3.05. The Hall–Kier alpha value is -0.600. The Morgan fingerprint density at radius 2 is 2.46 bits per heavy atom. The van der Waals surface area contributed by atoms with Gasteiger partial charge in [0.2, 0.25) is 0 Å². The first-order valence-corrected chi connectivity index (χ1v) is 5.02. The molecule has 0 saturated carbocycles. The molecular weight excluding hydrogens is 160 g/mol. The van der Waals surface area contributed by atoms with Crippen LogP contribution in [0, 0.1) is 0 Å². The Balaban J connectivity index is 0.000000252. The van der Waals surface area contributed by atoms with Crippen LogP contribution in [0.25, 0.3) is 0 Å². The van der Waals surface area contributed by atoms with Crippen molar-refractivity contribution >= 4 is 0 Å². The summed E-state index contributed by atoms with van der Waals surface area (Å²) in [6, 6.07) is 0. The standard InChI is InChI=1S/C7H11N.C4H11N/c1-2-7-4-3-5-8-6-7;1-3-4-5-2/h2,4,8H,1,3,5-6H2;5H,3-4H2,1-2H3. The van der Waals surface area contributed by atoms with Crippen LogP contribution in [0.1, 0.15) is 19.8 Å². The average molecular weight is 182 g/mol. The Bertz CT molecular complexity index is 148. The Kier molecular flexibility index (Phi) is 9.05. The fourth-order valence-electron chi connectivity index (χ4n) is 1.07. The van der Waals surface area contributed by atoms with E-state index in [0.717, 1.165) is 26.1 Å². The van der Waals surface area contributed by atoms with Gasteiger partial charge in [-0.3, -0.25) is 0 Å². The van der Waals surface area contributed by atoms with E-state index < -0.39 is 0 Å². The van der Waals surface area contributed by atoms with Crippen molar-refractivity contribution in [2.45, 2.75) is 19.8 Å². The van der Waals surface area contributed by atoms with Gasteiger partial charge in [0.1, 0.15) is 0 Å². The summed E-state index contributed by atoms with van der Waals surface area (Å²) in [6.07, 6.45) is 6.52. The summed E-state index contributed by atoms with van der Waals surface area (Å²) in [7, 11) is 1.96. The topological polar surface area (TPSA) is 24.1 Å². The molecule has 2 N–H and O–H groups in total. The van der Waals surface area contributed by atoms with Crippen LogP contribution < -0.4 is 10.6 Å². The van der Waals surface area contributed by atoms with Gasteiger partial charge in [0.15, 0.2) is 0 Å². The van der Waals surface area contributed by atoms with E-state index in [9.17, 15) is 0 Å². The van der Waals surface area contributed by atoms with E-state index in [1.54, 1.807) is 0 Å². The van der Waals surface area contributed by atoms with Gasteiger partial charge in [-0.25, -0.2) is 0 Å². The minimum atomic E-state index is 1.00. The van der Waals surface area contributed by atoms with Crippen molar-refractivity contribution in [1.82, 2.24) is 10.6 Å². The van der Waals surface area contributed by atoms with Gasteiger partial charge in [-0.1, -0.05) is 25.7 Å². The summed E-state index contributed by atoms with van der Waals surface area (Å²) in [6.45, 7) is 9.09. The molecule has 0 aromatic rings. The minimum absolute atomic E-state index is 1.00. The Morgan fingerprint density at radius 1 is 1.69 bits per heavy atom. The number of nitrogens with one attached hydrogen (secondary N) is 2. The summed E-state index contributed by atoms with van der Waals surface area (Å²) in [5, 5.41) is 6.26. The van der Waals surface area contributed by atoms with Gasteiger partial charge in [0.25, 0.3) is 0 Å². The lowest BCUT2D eigenvalue weighted by Crippen LogP contribution is -2.21. The predicted molar refractivity (Wildman–Crippen MR) is 60.0 cm³/mol. The molecule has 13 heavy (non-hydrogen) atoms. The first kappa shape index (κ1) is 12.4. The highest BCUT2D eigenvalue weighted by atomic mass is 14.9. The molecular formula is C11H22N2. The highest BCUT2D eigenvalue weighted by molar-refractivity contribution is 5.19. The van der Waals surface area contributed by atoms with E-state index in [2.05, 4.69) is 30.2 Å². The molecule has 0 unspecified atom stereocenters. The van der Waals surface area contributed by atoms with Crippen molar-refractivity contribution in [2.24, 2.45) is 0 Å². The van der Waals surface area contributed by atoms with E-state index in [1.807, 2.05) is 13.1 Å². The smallest absolute Gasteiger partial charge is 0.0202 e. The van der Waals surface area contributed by atoms with Gasteiger partial charge in [-0.05, 0) is 38.6 Å². The van der Waals surface area contributed by atoms with E-state index in [0.29, 0.717) is 0 Å². The van der Waals surface area contributed by atoms with Gasteiger partial charge in [-0.15, -0.1) is 0 Å². The summed E-state index contributed by atoms with van der Waals surface area (Å²) in [5.41, 5.74) is 1.33. The summed E-state index contributed by atoms with van der Waals surface area (Å²) >= 11 is 0. The molecule has 1 rings (SSSR count). The van der Waals surface area contributed by atoms with Gasteiger partial charge >= 0.3 is 0 Å². The maximum Gasteiger partial charge on any atom is 0.0202 e. The third kappa shape index (κ3) is 7.75. The van der Waals surface area contributed by atoms with Crippen LogP contribution >= 0.6 is 0 Å². The highest BCUT2D eigenvalue weighted by Gasteiger charge is 1.95. The predicted octanol–water partition coefficient (Wildman–Crippen LogP) is 1.71. The van der Waals surface area contributed by atoms with E-state index >= 15 is 0 Å². The summed E-state index contributed by atoms with van der Waals surface area (Å²) in [5.74, 6) is 0. The van der Waals surface area contributed by atoms with E-state index in [-0.39, 0.29) is 0 Å². The van der Waals surface area contributed by atoms with Crippen molar-refractivity contribution in [3.8, 4) is 0 Å². The summed E-state index contributed by atoms with van der Waals surface area (Å²) in [4.78, 5) is 0. The zero-order valence-electron chi connectivity index (χ0n) is 8.90. The molecule has 0 amide bonds. The second-order valence-electron chi connectivity index (χ2n) is 3.05. The van der Waals surface area contributed by atoms with Crippen molar-refractivity contribution in [1.29, 1.82) is 0 Å². The molecule has 0 fully saturated rings. The molecule has 0 saturated heterocycles. The van der Waals surface area contributed by atoms with E-state index in [1.165, 1.54) is 12.0 Å². The van der Waals surface area contributed by atoms with Gasteiger partial charge in [-0.2, -0.15) is 0 Å². The molecule has 76 valence electrons. The summed E-state index contributed by atoms with van der Waals surface area (Å²) < 4.78 is 0. The molecule has 0 atom stereocenters. The quantitative estimate of drug-likeness (QED) is 0.694. The molecule has 0 aromatic carbocycles. The average Bonchev–Trinajstić information content (AvgIpc) is 2.21. The van der Waals surface area contributed by atoms with Crippen LogP contribution in [0.2, 0.25) is 0 Å². The molecule has 1 heterocycles. The lowest BCUT2D eigenvalue weighted by Gasteiger charge is -2.09. The van der Waals surface area contributed by atoms with Crippen molar-refractivity contribution in [3.05, 3.63) is 24.3 Å². The third-order valence-corrected chi connectivity index (χ3v) is 1.82. The fraction of sp³-hybridized carbons (Fsp3) is 0.636. The zero-order chi connectivity index (χ0) is 9.94. The number of hydrogen-bond acceptors (Lipinski definition) is 2. The Labute approximate surface area is 82.1 Å². The first-order valence-electron chi connectivity index (χ1n) is 5.02. The van der Waals surface area contributed by atoms with Gasteiger partial charge < -0.3 is 10.6 Å². The van der Waals surface area contributed by atoms with Crippen LogP contribution in [-0.2, 0) is 0 Å². The molecule has 2 nitrogen and oxygen atoms in total. The molecule has 1 aliphatic heterocycles. The second kappa shape index (κ2) is 9.49. The molecule has 0 aromatic heterocycles. The van der Waals surface area contributed by atoms with Gasteiger partial charge in [0.05, 0.1) is 0 Å². The van der Waals surface area contributed by atoms with Crippen LogP contribution in [0.5, 0.6) is 0 Å². The lowest BCUT2D eigenvalue weighted by atomic mass is 10.1. The molecule has 0 radical (unpaired) electrons. The molecule has 2 heteroatoms. The van der Waals surface area contributed by atoms with E-state index in [4.69, 9.17) is 0 Å². The molecule has 0 spiro atoms. The lowest BCUT2D eigenvalue weighted by molar-refractivity contribution is 0.712. The van der Waals surface area contributed by atoms with Crippen molar-refractivity contribution in [3.63, 3.8) is 0 Å². The first-order chi connectivity index (χ1) is 6.35. The largest absolute Gasteiger partial charge is 0.320 e. The van der Waals surface area contributed by atoms with Crippen molar-refractivity contribution in [2.75, 3.05) is 26.7 Å². The van der Waals surface area contributed by atoms with Crippen LogP contribution in [0.4, 0.5) is 0 Å². The maximum atomic E-state index is 3.68. The van der Waals surface area contributed by atoms with Crippen LogP contribution in [-0.4, -0.2) is 26.7 Å². The molecule has 1 aliphatic rings. The zero-order valence-corrected chi connectivity index (χ0v) is 8.90. The van der Waals surface area contributed by atoms with Crippen LogP contribution in [0.15, 0.2) is 24.3 Å². The molecule has 0 bridgehead atoms. The van der Waals surface area contributed by atoms with Gasteiger partial charge in [0, 0.05) is 6.54 Å². The van der Waals surface area contributed by atoms with Crippen molar-refractivity contribution < 1.29 is 0 Å². The minimum Gasteiger partial charge on any atom is -0.320 e. The fourth-order valence-corrected chi connectivity index (χ4v) is 1.07. The SMILES string of the molecule is C=CC1=CCCNC1.CCCNC. The Morgan fingerprint density at radius 3 is 2.69 bits per heavy atom. The normalized spacial score (nSPS) is 15.4. The third-order valence-electron chi connectivity index (χ3n) is 1.82. The molecule has 0 aliphatic carbocycles. The monoisotopic (exact) mass is 182 g/mol. The maximum absolute atomic E-state index is 3.68. The number of hydrogen-bond donors (Lipinski definition) is 2. The highest BCUT2D eigenvalue weighted by Crippen LogP contribution is 1.99. The number of rotatable bonds is 3. The van der Waals surface area contributed by atoms with Crippen LogP contribution in [0.3, 0.4) is 0 Å².